The molecule has 0 aliphatic carbocycles. The molecule has 2 N–H and O–H groups in total. The highest BCUT2D eigenvalue weighted by Gasteiger charge is 2.11. The average molecular weight is 219 g/mol. The molecule has 0 aromatic carbocycles. The zero-order chi connectivity index (χ0) is 10.7. The van der Waals surface area contributed by atoms with E-state index in [9.17, 15) is 4.79 Å². The van der Waals surface area contributed by atoms with Crippen LogP contribution in [0.5, 0.6) is 0 Å². The average Bonchev–Trinajstić information content (AvgIpc) is 2.81. The molecule has 76 valence electrons. The summed E-state index contributed by atoms with van der Waals surface area (Å²) < 4.78 is 3.99. The number of carbonyl (C=O) groups is 1. The zero-order valence-corrected chi connectivity index (χ0v) is 8.70. The largest absolute Gasteiger partial charge is 0.325 e. The van der Waals surface area contributed by atoms with Gasteiger partial charge in [0.15, 0.2) is 0 Å². The number of nitrogens with two attached hydrogens (primary N) is 1. The maximum Gasteiger partial charge on any atom is 0.212 e. The molecule has 0 spiro atoms. The molecule has 4 nitrogen and oxygen atoms in total. The summed E-state index contributed by atoms with van der Waals surface area (Å²) in [5, 5.41) is 1.78. The molecule has 0 fully saturated rings. The minimum Gasteiger partial charge on any atom is -0.325 e. The van der Waals surface area contributed by atoms with E-state index >= 15 is 0 Å². The van der Waals surface area contributed by atoms with Crippen molar-refractivity contribution in [3.8, 4) is 0 Å². The first kappa shape index (κ1) is 9.95. The Kier molecular flexibility index (Phi) is 2.84. The topological polar surface area (TPSA) is 68.9 Å². The minimum atomic E-state index is -0.0895. The number of aromatic nitrogens is 2. The number of nitrogens with zero attached hydrogens (tertiary/aromatic N) is 2. The van der Waals surface area contributed by atoms with Crippen LogP contribution in [-0.4, -0.2) is 15.1 Å². The Morgan fingerprint density at radius 3 is 3.00 bits per heavy atom. The molecule has 2 aromatic rings. The quantitative estimate of drug-likeness (QED) is 0.788. The van der Waals surface area contributed by atoms with Crippen molar-refractivity contribution in [1.82, 2.24) is 9.36 Å². The van der Waals surface area contributed by atoms with Crippen LogP contribution in [-0.2, 0) is 6.54 Å². The van der Waals surface area contributed by atoms with Crippen LogP contribution in [0.3, 0.4) is 0 Å². The molecule has 2 aromatic heterocycles. The second-order valence-corrected chi connectivity index (χ2v) is 3.62. The molecular weight excluding hydrogens is 210 g/mol. The van der Waals surface area contributed by atoms with E-state index in [-0.39, 0.29) is 5.78 Å². The Morgan fingerprint density at radius 2 is 2.33 bits per heavy atom. The molecule has 0 saturated carbocycles. The Hall–Kier alpha value is -1.59. The molecule has 0 bridgehead atoms. The van der Waals surface area contributed by atoms with E-state index in [1.54, 1.807) is 29.8 Å². The van der Waals surface area contributed by atoms with Crippen LogP contribution in [0.2, 0.25) is 0 Å². The van der Waals surface area contributed by atoms with Gasteiger partial charge in [-0.25, -0.2) is 0 Å². The molecule has 0 amide bonds. The molecule has 2 rings (SSSR count). The predicted molar refractivity (Wildman–Crippen MR) is 57.7 cm³/mol. The number of hydrogen-bond donors (Lipinski definition) is 1. The van der Waals surface area contributed by atoms with Crippen LogP contribution < -0.4 is 5.73 Å². The maximum atomic E-state index is 11.9. The SMILES string of the molecule is NCc1cc(C(=O)c2ccsn2)ccn1. The van der Waals surface area contributed by atoms with E-state index in [1.807, 2.05) is 0 Å². The summed E-state index contributed by atoms with van der Waals surface area (Å²) in [6.45, 7) is 0.332. The van der Waals surface area contributed by atoms with E-state index in [2.05, 4.69) is 9.36 Å². The van der Waals surface area contributed by atoms with Crippen molar-refractivity contribution in [3.05, 3.63) is 46.7 Å². The van der Waals surface area contributed by atoms with E-state index < -0.39 is 0 Å². The van der Waals surface area contributed by atoms with Gasteiger partial charge in [-0.15, -0.1) is 0 Å². The second-order valence-electron chi connectivity index (χ2n) is 2.95. The Morgan fingerprint density at radius 1 is 1.47 bits per heavy atom. The molecule has 5 heteroatoms. The van der Waals surface area contributed by atoms with Crippen LogP contribution in [0, 0.1) is 0 Å². The van der Waals surface area contributed by atoms with Gasteiger partial charge in [0.1, 0.15) is 5.69 Å². The van der Waals surface area contributed by atoms with E-state index in [0.29, 0.717) is 23.5 Å². The summed E-state index contributed by atoms with van der Waals surface area (Å²) in [6, 6.07) is 5.07. The highest BCUT2D eigenvalue weighted by atomic mass is 32.1. The van der Waals surface area contributed by atoms with Gasteiger partial charge >= 0.3 is 0 Å². The number of pyridine rings is 1. The van der Waals surface area contributed by atoms with Crippen LogP contribution in [0.15, 0.2) is 29.8 Å². The lowest BCUT2D eigenvalue weighted by Gasteiger charge is -1.99. The summed E-state index contributed by atoms with van der Waals surface area (Å²) in [7, 11) is 0. The third-order valence-corrected chi connectivity index (χ3v) is 2.52. The molecule has 0 atom stereocenters. The van der Waals surface area contributed by atoms with Crippen LogP contribution in [0.4, 0.5) is 0 Å². The molecule has 0 unspecified atom stereocenters. The van der Waals surface area contributed by atoms with Gasteiger partial charge in [0.05, 0.1) is 5.69 Å². The zero-order valence-electron chi connectivity index (χ0n) is 7.88. The Labute approximate surface area is 90.9 Å². The molecule has 0 aliphatic rings. The Bertz CT molecular complexity index is 467. The lowest BCUT2D eigenvalue weighted by atomic mass is 10.1. The lowest BCUT2D eigenvalue weighted by molar-refractivity contribution is 0.103. The van der Waals surface area contributed by atoms with Crippen molar-refractivity contribution < 1.29 is 4.79 Å². The van der Waals surface area contributed by atoms with Crippen molar-refractivity contribution in [2.75, 3.05) is 0 Å². The summed E-state index contributed by atoms with van der Waals surface area (Å²) in [6.07, 6.45) is 1.59. The molecular formula is C10H9N3OS. The smallest absolute Gasteiger partial charge is 0.212 e. The number of hydrogen-bond acceptors (Lipinski definition) is 5. The first-order chi connectivity index (χ1) is 7.31. The molecule has 2 heterocycles. The monoisotopic (exact) mass is 219 g/mol. The minimum absolute atomic E-state index is 0.0895. The van der Waals surface area contributed by atoms with Crippen LogP contribution in [0.25, 0.3) is 0 Å². The first-order valence-electron chi connectivity index (χ1n) is 4.41. The summed E-state index contributed by atoms with van der Waals surface area (Å²) in [5.74, 6) is -0.0895. The molecule has 0 aliphatic heterocycles. The van der Waals surface area contributed by atoms with Crippen molar-refractivity contribution in [2.24, 2.45) is 5.73 Å². The van der Waals surface area contributed by atoms with Gasteiger partial charge < -0.3 is 5.73 Å². The fourth-order valence-electron chi connectivity index (χ4n) is 1.21. The fourth-order valence-corrected chi connectivity index (χ4v) is 1.72. The van der Waals surface area contributed by atoms with Gasteiger partial charge in [-0.2, -0.15) is 4.37 Å². The van der Waals surface area contributed by atoms with Gasteiger partial charge in [-0.3, -0.25) is 9.78 Å². The highest BCUT2D eigenvalue weighted by Crippen LogP contribution is 2.09. The Balaban J connectivity index is 2.34. The second kappa shape index (κ2) is 4.29. The number of carbonyl (C=O) groups excluding carboxylic acids is 1. The van der Waals surface area contributed by atoms with Crippen molar-refractivity contribution in [1.29, 1.82) is 0 Å². The van der Waals surface area contributed by atoms with Gasteiger partial charge in [0.25, 0.3) is 0 Å². The molecule has 15 heavy (non-hydrogen) atoms. The van der Waals surface area contributed by atoms with Crippen molar-refractivity contribution in [3.63, 3.8) is 0 Å². The fraction of sp³-hybridized carbons (Fsp3) is 0.100. The first-order valence-corrected chi connectivity index (χ1v) is 5.25. The number of rotatable bonds is 3. The van der Waals surface area contributed by atoms with Crippen LogP contribution >= 0.6 is 11.5 Å². The third-order valence-electron chi connectivity index (χ3n) is 1.96. The normalized spacial score (nSPS) is 10.2. The van der Waals surface area contributed by atoms with E-state index in [1.165, 1.54) is 11.5 Å². The predicted octanol–water partition coefficient (Wildman–Crippen LogP) is 1.23. The van der Waals surface area contributed by atoms with Gasteiger partial charge in [0.2, 0.25) is 5.78 Å². The summed E-state index contributed by atoms with van der Waals surface area (Å²) in [4.78, 5) is 15.9. The molecule has 0 saturated heterocycles. The van der Waals surface area contributed by atoms with Crippen molar-refractivity contribution >= 4 is 17.3 Å². The van der Waals surface area contributed by atoms with E-state index in [0.717, 1.165) is 0 Å². The lowest BCUT2D eigenvalue weighted by Crippen LogP contribution is -2.05. The van der Waals surface area contributed by atoms with Gasteiger partial charge in [-0.1, -0.05) is 0 Å². The van der Waals surface area contributed by atoms with Crippen molar-refractivity contribution in [2.45, 2.75) is 6.54 Å². The highest BCUT2D eigenvalue weighted by molar-refractivity contribution is 7.03. The third kappa shape index (κ3) is 2.08. The molecule has 0 radical (unpaired) electrons. The van der Waals surface area contributed by atoms with Crippen LogP contribution in [0.1, 0.15) is 21.7 Å². The maximum absolute atomic E-state index is 11.9. The summed E-state index contributed by atoms with van der Waals surface area (Å²) >= 11 is 1.26. The number of ketones is 1. The van der Waals surface area contributed by atoms with Gasteiger partial charge in [0, 0.05) is 23.7 Å². The van der Waals surface area contributed by atoms with E-state index in [4.69, 9.17) is 5.73 Å². The summed E-state index contributed by atoms with van der Waals surface area (Å²) in [5.41, 5.74) is 7.20. The standard InChI is InChI=1S/C10H9N3OS/c11-6-8-5-7(1-3-12-8)10(14)9-2-4-15-13-9/h1-5H,6,11H2. The van der Waals surface area contributed by atoms with Gasteiger partial charge in [-0.05, 0) is 29.7 Å².